The zero-order valence-corrected chi connectivity index (χ0v) is 29.3. The van der Waals surface area contributed by atoms with Crippen molar-refractivity contribution in [2.24, 2.45) is 5.92 Å². The molecule has 42 heavy (non-hydrogen) atoms. The van der Waals surface area contributed by atoms with E-state index in [0.29, 0.717) is 0 Å². The van der Waals surface area contributed by atoms with Crippen molar-refractivity contribution in [3.63, 3.8) is 0 Å². The normalized spacial score (nSPS) is 13.1. The van der Waals surface area contributed by atoms with Crippen LogP contribution in [0.5, 0.6) is 0 Å². The number of aryl methyl sites for hydroxylation is 2. The van der Waals surface area contributed by atoms with Crippen molar-refractivity contribution < 1.29 is 0 Å². The third kappa shape index (κ3) is 6.93. The van der Waals surface area contributed by atoms with Gasteiger partial charge in [-0.15, -0.1) is 45.3 Å². The Hall–Kier alpha value is -1.46. The predicted molar refractivity (Wildman–Crippen MR) is 198 cm³/mol. The fourth-order valence-electron chi connectivity index (χ4n) is 6.73. The maximum absolute atomic E-state index is 2.50. The molecule has 0 nitrogen and oxygen atoms in total. The molecule has 0 aliphatic rings. The summed E-state index contributed by atoms with van der Waals surface area (Å²) >= 11 is 8.10. The maximum Gasteiger partial charge on any atom is 0.0542 e. The van der Waals surface area contributed by atoms with Crippen LogP contribution in [-0.4, -0.2) is 0 Å². The minimum atomic E-state index is 0.919. The van der Waals surface area contributed by atoms with Gasteiger partial charge in [0.05, 0.1) is 9.40 Å². The summed E-state index contributed by atoms with van der Waals surface area (Å²) in [5.41, 5.74) is 0. The van der Waals surface area contributed by atoms with Gasteiger partial charge in [0.1, 0.15) is 0 Å². The Bertz CT molecular complexity index is 1740. The van der Waals surface area contributed by atoms with E-state index in [1.165, 1.54) is 152 Å². The van der Waals surface area contributed by atoms with Crippen molar-refractivity contribution in [3.05, 3.63) is 46.2 Å². The first-order valence-electron chi connectivity index (χ1n) is 16.9. The lowest BCUT2D eigenvalue weighted by atomic mass is 9.93. The lowest BCUT2D eigenvalue weighted by Gasteiger charge is -2.13. The Labute approximate surface area is 269 Å². The second kappa shape index (κ2) is 14.5. The predicted octanol–water partition coefficient (Wildman–Crippen LogP) is 14.9. The number of hydrogen-bond acceptors (Lipinski definition) is 4. The summed E-state index contributed by atoms with van der Waals surface area (Å²) in [6.07, 6.45) is 21.8. The molecule has 0 saturated carbocycles. The number of hydrogen-bond donors (Lipinski definition) is 0. The van der Waals surface area contributed by atoms with Crippen LogP contribution >= 0.6 is 45.3 Å². The van der Waals surface area contributed by atoms with Crippen LogP contribution in [0.1, 0.15) is 120 Å². The molecule has 0 saturated heterocycles. The molecule has 6 rings (SSSR count). The smallest absolute Gasteiger partial charge is 0.0542 e. The van der Waals surface area contributed by atoms with E-state index in [0.717, 1.165) is 5.92 Å². The molecule has 4 aromatic heterocycles. The van der Waals surface area contributed by atoms with E-state index < -0.39 is 0 Å². The average Bonchev–Trinajstić information content (AvgIpc) is 3.75. The van der Waals surface area contributed by atoms with Gasteiger partial charge in [-0.25, -0.2) is 0 Å². The summed E-state index contributed by atoms with van der Waals surface area (Å²) in [6, 6.07) is 15.0. The lowest BCUT2D eigenvalue weighted by molar-refractivity contribution is 0.410. The molecule has 4 heteroatoms. The van der Waals surface area contributed by atoms with Crippen molar-refractivity contribution in [2.45, 2.75) is 124 Å². The monoisotopic (exact) mass is 632 g/mol. The van der Waals surface area contributed by atoms with Gasteiger partial charge < -0.3 is 0 Å². The SMILES string of the molecule is CCCCCCCCCCc1cc2cc3c(cc2s1)sc1c2cc4cc(CCCC(CC)CCCC)sc4cc2sc31. The Balaban J connectivity index is 1.15. The van der Waals surface area contributed by atoms with Gasteiger partial charge in [0.25, 0.3) is 0 Å². The fraction of sp³-hybridized carbons (Fsp3) is 0.526. The molecule has 0 bridgehead atoms. The summed E-state index contributed by atoms with van der Waals surface area (Å²) in [4.78, 5) is 3.15. The van der Waals surface area contributed by atoms with Gasteiger partial charge in [0.2, 0.25) is 0 Å². The minimum Gasteiger partial charge on any atom is -0.140 e. The maximum atomic E-state index is 2.50. The standard InChI is InChI=1S/C38H48S4/c1-4-7-9-10-11-12-13-14-18-29-20-27-22-31-35(24-33(27)39-29)41-38-32-23-28-21-30(19-15-17-26(6-3)16-8-5-2)40-34(28)25-36(32)42-37(31)38/h20-26H,4-19H2,1-3H3. The van der Waals surface area contributed by atoms with Gasteiger partial charge in [-0.3, -0.25) is 0 Å². The van der Waals surface area contributed by atoms with E-state index in [-0.39, 0.29) is 0 Å². The molecular weight excluding hydrogens is 585 g/mol. The quantitative estimate of drug-likeness (QED) is 0.0878. The van der Waals surface area contributed by atoms with Crippen LogP contribution in [0, 0.1) is 5.92 Å². The first kappa shape index (κ1) is 30.6. The molecule has 0 amide bonds. The molecule has 224 valence electrons. The molecule has 0 radical (unpaired) electrons. The van der Waals surface area contributed by atoms with Crippen molar-refractivity contribution >= 4 is 95.1 Å². The molecule has 0 fully saturated rings. The van der Waals surface area contributed by atoms with Crippen LogP contribution in [0.15, 0.2) is 36.4 Å². The molecule has 0 aliphatic carbocycles. The number of rotatable bonds is 17. The Morgan fingerprint density at radius 2 is 0.976 bits per heavy atom. The van der Waals surface area contributed by atoms with Crippen molar-refractivity contribution in [3.8, 4) is 0 Å². The fourth-order valence-corrected chi connectivity index (χ4v) is 11.8. The van der Waals surface area contributed by atoms with Gasteiger partial charge in [-0.05, 0) is 78.8 Å². The highest BCUT2D eigenvalue weighted by Crippen LogP contribution is 2.47. The van der Waals surface area contributed by atoms with Gasteiger partial charge >= 0.3 is 0 Å². The lowest BCUT2D eigenvalue weighted by Crippen LogP contribution is -1.99. The number of thiophene rings is 4. The highest BCUT2D eigenvalue weighted by atomic mass is 32.1. The van der Waals surface area contributed by atoms with Crippen molar-refractivity contribution in [1.82, 2.24) is 0 Å². The zero-order chi connectivity index (χ0) is 28.9. The van der Waals surface area contributed by atoms with Crippen LogP contribution in [0.2, 0.25) is 0 Å². The zero-order valence-electron chi connectivity index (χ0n) is 26.0. The summed E-state index contributed by atoms with van der Waals surface area (Å²) in [5.74, 6) is 0.919. The highest BCUT2D eigenvalue weighted by molar-refractivity contribution is 7.37. The van der Waals surface area contributed by atoms with E-state index in [1.54, 1.807) is 9.75 Å². The Kier molecular flexibility index (Phi) is 10.6. The number of benzene rings is 2. The Morgan fingerprint density at radius 3 is 1.52 bits per heavy atom. The van der Waals surface area contributed by atoms with Gasteiger partial charge in [-0.1, -0.05) is 97.8 Å². The molecule has 1 unspecified atom stereocenters. The molecule has 0 spiro atoms. The van der Waals surface area contributed by atoms with Gasteiger partial charge in [0, 0.05) is 39.3 Å². The summed E-state index contributed by atoms with van der Waals surface area (Å²) in [7, 11) is 0. The number of fused-ring (bicyclic) bond motifs is 7. The van der Waals surface area contributed by atoms with E-state index in [9.17, 15) is 0 Å². The molecule has 4 heterocycles. The third-order valence-corrected chi connectivity index (χ3v) is 14.1. The second-order valence-electron chi connectivity index (χ2n) is 12.6. The summed E-state index contributed by atoms with van der Waals surface area (Å²) < 4.78 is 8.87. The molecule has 1 atom stereocenters. The van der Waals surface area contributed by atoms with Gasteiger partial charge in [-0.2, -0.15) is 0 Å². The second-order valence-corrected chi connectivity index (χ2v) is 17.0. The van der Waals surface area contributed by atoms with E-state index in [2.05, 4.69) is 57.2 Å². The average molecular weight is 633 g/mol. The Morgan fingerprint density at radius 1 is 0.476 bits per heavy atom. The van der Waals surface area contributed by atoms with Crippen LogP contribution in [-0.2, 0) is 12.8 Å². The van der Waals surface area contributed by atoms with Gasteiger partial charge in [0.15, 0.2) is 0 Å². The summed E-state index contributed by atoms with van der Waals surface area (Å²) in [5, 5.41) is 5.84. The highest BCUT2D eigenvalue weighted by Gasteiger charge is 2.16. The first-order valence-corrected chi connectivity index (χ1v) is 20.2. The van der Waals surface area contributed by atoms with Crippen LogP contribution < -0.4 is 0 Å². The van der Waals surface area contributed by atoms with E-state index in [1.807, 2.05) is 45.3 Å². The molecule has 6 aromatic rings. The van der Waals surface area contributed by atoms with E-state index in [4.69, 9.17) is 0 Å². The molecule has 0 N–H and O–H groups in total. The topological polar surface area (TPSA) is 0 Å². The first-order chi connectivity index (χ1) is 20.7. The van der Waals surface area contributed by atoms with E-state index >= 15 is 0 Å². The molecule has 0 aliphatic heterocycles. The molecule has 2 aromatic carbocycles. The molecular formula is C38H48S4. The van der Waals surface area contributed by atoms with Crippen molar-refractivity contribution in [2.75, 3.05) is 0 Å². The largest absolute Gasteiger partial charge is 0.140 e. The number of unbranched alkanes of at least 4 members (excludes halogenated alkanes) is 8. The van der Waals surface area contributed by atoms with Crippen LogP contribution in [0.25, 0.3) is 49.7 Å². The minimum absolute atomic E-state index is 0.919. The summed E-state index contributed by atoms with van der Waals surface area (Å²) in [6.45, 7) is 6.99. The van der Waals surface area contributed by atoms with Crippen LogP contribution in [0.3, 0.4) is 0 Å². The third-order valence-electron chi connectivity index (χ3n) is 9.31. The van der Waals surface area contributed by atoms with Crippen molar-refractivity contribution in [1.29, 1.82) is 0 Å². The van der Waals surface area contributed by atoms with Crippen LogP contribution in [0.4, 0.5) is 0 Å².